The van der Waals surface area contributed by atoms with E-state index in [1.165, 1.54) is 5.56 Å². The van der Waals surface area contributed by atoms with Crippen LogP contribution in [0.1, 0.15) is 43.7 Å². The monoisotopic (exact) mass is 500 g/mol. The van der Waals surface area contributed by atoms with Crippen molar-refractivity contribution in [1.29, 1.82) is 0 Å². The molecule has 0 saturated heterocycles. The van der Waals surface area contributed by atoms with E-state index in [-0.39, 0.29) is 18.3 Å². The standard InChI is InChI=1S/C28H32N6O3/c1-32-16-20(27(31-32)37-3)24-22(18-12-10-17(11-13-18)7-6-14-35)23-25-21(15-29-26(23)30-24)33(2)28(36)34(25)19-8-4-5-9-19/h10-13,15-16,19,35H,4-9,14H2,1-3H3,(H,29,30). The molecule has 37 heavy (non-hydrogen) atoms. The minimum atomic E-state index is 0.00297. The average molecular weight is 501 g/mol. The van der Waals surface area contributed by atoms with Gasteiger partial charge in [-0.25, -0.2) is 9.78 Å². The molecule has 4 heterocycles. The first kappa shape index (κ1) is 23.5. The van der Waals surface area contributed by atoms with Gasteiger partial charge in [0.2, 0.25) is 5.88 Å². The van der Waals surface area contributed by atoms with Gasteiger partial charge in [0.15, 0.2) is 0 Å². The lowest BCUT2D eigenvalue weighted by Gasteiger charge is -2.13. The average Bonchev–Trinajstić information content (AvgIpc) is 3.69. The molecule has 0 spiro atoms. The van der Waals surface area contributed by atoms with Gasteiger partial charge in [-0.05, 0) is 36.8 Å². The fraction of sp³-hybridized carbons (Fsp3) is 0.393. The van der Waals surface area contributed by atoms with Crippen LogP contribution in [0.15, 0.2) is 41.5 Å². The highest BCUT2D eigenvalue weighted by molar-refractivity contribution is 6.14. The van der Waals surface area contributed by atoms with Gasteiger partial charge in [-0.15, -0.1) is 5.10 Å². The zero-order chi connectivity index (χ0) is 25.7. The number of hydrogen-bond acceptors (Lipinski definition) is 5. The van der Waals surface area contributed by atoms with Crippen molar-refractivity contribution in [3.8, 4) is 28.3 Å². The van der Waals surface area contributed by atoms with E-state index in [9.17, 15) is 9.90 Å². The van der Waals surface area contributed by atoms with Crippen LogP contribution in [0.5, 0.6) is 5.88 Å². The number of hydrogen-bond donors (Lipinski definition) is 2. The van der Waals surface area contributed by atoms with Gasteiger partial charge < -0.3 is 14.8 Å². The molecule has 0 unspecified atom stereocenters. The number of ether oxygens (including phenoxy) is 1. The Morgan fingerprint density at radius 1 is 1.16 bits per heavy atom. The first-order valence-electron chi connectivity index (χ1n) is 12.9. The maximum absolute atomic E-state index is 13.5. The van der Waals surface area contributed by atoms with Gasteiger partial charge in [0.1, 0.15) is 5.65 Å². The number of benzene rings is 1. The van der Waals surface area contributed by atoms with Crippen molar-refractivity contribution in [1.82, 2.24) is 28.9 Å². The van der Waals surface area contributed by atoms with E-state index in [2.05, 4.69) is 34.3 Å². The maximum atomic E-state index is 13.5. The van der Waals surface area contributed by atoms with E-state index < -0.39 is 0 Å². The number of fused-ring (bicyclic) bond motifs is 3. The molecule has 0 bridgehead atoms. The van der Waals surface area contributed by atoms with Gasteiger partial charge in [-0.1, -0.05) is 37.1 Å². The number of methoxy groups -OCH3 is 1. The van der Waals surface area contributed by atoms with E-state index in [1.54, 1.807) is 22.6 Å². The highest BCUT2D eigenvalue weighted by atomic mass is 16.5. The summed E-state index contributed by atoms with van der Waals surface area (Å²) in [5.41, 5.74) is 7.34. The van der Waals surface area contributed by atoms with Crippen molar-refractivity contribution in [2.24, 2.45) is 14.1 Å². The molecule has 1 aliphatic rings. The van der Waals surface area contributed by atoms with Gasteiger partial charge in [-0.3, -0.25) is 13.8 Å². The predicted octanol–water partition coefficient (Wildman–Crippen LogP) is 4.33. The fourth-order valence-electron chi connectivity index (χ4n) is 5.88. The van der Waals surface area contributed by atoms with Crippen molar-refractivity contribution in [2.75, 3.05) is 13.7 Å². The second-order valence-electron chi connectivity index (χ2n) is 9.99. The smallest absolute Gasteiger partial charge is 0.329 e. The number of nitrogens with zero attached hydrogens (tertiary/aromatic N) is 5. The first-order valence-corrected chi connectivity index (χ1v) is 12.9. The number of aliphatic hydroxyl groups is 1. The molecular formula is C28H32N6O3. The number of rotatable bonds is 7. The van der Waals surface area contributed by atoms with Crippen LogP contribution in [0.3, 0.4) is 0 Å². The molecule has 0 atom stereocenters. The number of imidazole rings is 1. The fourth-order valence-corrected chi connectivity index (χ4v) is 5.88. The van der Waals surface area contributed by atoms with Crippen LogP contribution in [0, 0.1) is 0 Å². The summed E-state index contributed by atoms with van der Waals surface area (Å²) >= 11 is 0. The van der Waals surface area contributed by atoms with Gasteiger partial charge in [-0.2, -0.15) is 0 Å². The molecule has 2 N–H and O–H groups in total. The Morgan fingerprint density at radius 2 is 1.92 bits per heavy atom. The van der Waals surface area contributed by atoms with Crippen LogP contribution >= 0.6 is 0 Å². The van der Waals surface area contributed by atoms with E-state index in [0.29, 0.717) is 5.88 Å². The van der Waals surface area contributed by atoms with Crippen molar-refractivity contribution >= 4 is 22.1 Å². The minimum Gasteiger partial charge on any atom is -0.479 e. The van der Waals surface area contributed by atoms with Gasteiger partial charge >= 0.3 is 5.69 Å². The van der Waals surface area contributed by atoms with Crippen LogP contribution in [0.25, 0.3) is 44.5 Å². The van der Waals surface area contributed by atoms with Crippen molar-refractivity contribution < 1.29 is 9.84 Å². The number of H-pyrrole nitrogens is 1. The topological polar surface area (TPSA) is 103 Å². The number of nitrogens with one attached hydrogen (secondary N) is 1. The molecular weight excluding hydrogens is 468 g/mol. The third-order valence-corrected chi connectivity index (χ3v) is 7.68. The normalized spacial score (nSPS) is 14.4. The van der Waals surface area contributed by atoms with Gasteiger partial charge in [0, 0.05) is 38.5 Å². The third kappa shape index (κ3) is 3.76. The Bertz CT molecular complexity index is 1650. The molecule has 0 aliphatic heterocycles. The lowest BCUT2D eigenvalue weighted by atomic mass is 9.97. The molecule has 6 rings (SSSR count). The summed E-state index contributed by atoms with van der Waals surface area (Å²) in [5.74, 6) is 0.521. The summed E-state index contributed by atoms with van der Waals surface area (Å²) in [7, 11) is 5.32. The van der Waals surface area contributed by atoms with Gasteiger partial charge in [0.25, 0.3) is 0 Å². The van der Waals surface area contributed by atoms with Crippen molar-refractivity contribution in [2.45, 2.75) is 44.6 Å². The second kappa shape index (κ2) is 9.23. The van der Waals surface area contributed by atoms with Crippen molar-refractivity contribution in [3.05, 3.63) is 52.7 Å². The van der Waals surface area contributed by atoms with E-state index in [4.69, 9.17) is 9.72 Å². The van der Waals surface area contributed by atoms with Crippen LogP contribution < -0.4 is 10.4 Å². The minimum absolute atomic E-state index is 0.00297. The molecule has 1 aromatic carbocycles. The SMILES string of the molecule is COc1nn(C)cc1-c1[nH]c2ncc3c(c2c1-c1ccc(CCCO)cc1)n(C1CCCC1)c(=O)n3C. The Hall–Kier alpha value is -3.85. The van der Waals surface area contributed by atoms with Gasteiger partial charge in [0.05, 0.1) is 41.0 Å². The summed E-state index contributed by atoms with van der Waals surface area (Å²) < 4.78 is 11.1. The Kier molecular flexibility index (Phi) is 5.87. The van der Waals surface area contributed by atoms with Crippen LogP contribution in [-0.4, -0.2) is 47.7 Å². The van der Waals surface area contributed by atoms with E-state index >= 15 is 0 Å². The number of aromatic amines is 1. The van der Waals surface area contributed by atoms with E-state index in [0.717, 1.165) is 83.0 Å². The molecule has 4 aromatic heterocycles. The zero-order valence-electron chi connectivity index (χ0n) is 21.5. The van der Waals surface area contributed by atoms with Crippen LogP contribution in [0.2, 0.25) is 0 Å². The highest BCUT2D eigenvalue weighted by Crippen LogP contribution is 2.44. The summed E-state index contributed by atoms with van der Waals surface area (Å²) in [4.78, 5) is 21.9. The Balaban J connectivity index is 1.70. The molecule has 0 amide bonds. The van der Waals surface area contributed by atoms with Crippen molar-refractivity contribution in [3.63, 3.8) is 0 Å². The van der Waals surface area contributed by atoms with E-state index in [1.807, 2.05) is 24.9 Å². The third-order valence-electron chi connectivity index (χ3n) is 7.68. The number of aromatic nitrogens is 6. The molecule has 192 valence electrons. The predicted molar refractivity (Wildman–Crippen MR) is 144 cm³/mol. The molecule has 9 nitrogen and oxygen atoms in total. The molecule has 9 heteroatoms. The van der Waals surface area contributed by atoms with Crippen LogP contribution in [0.4, 0.5) is 0 Å². The molecule has 1 fully saturated rings. The summed E-state index contributed by atoms with van der Waals surface area (Å²) in [6, 6.07) is 8.62. The molecule has 5 aromatic rings. The zero-order valence-corrected chi connectivity index (χ0v) is 21.5. The quantitative estimate of drug-likeness (QED) is 0.346. The number of aryl methyl sites for hydroxylation is 3. The lowest BCUT2D eigenvalue weighted by molar-refractivity contribution is 0.288. The highest BCUT2D eigenvalue weighted by Gasteiger charge is 2.28. The summed E-state index contributed by atoms with van der Waals surface area (Å²) in [5, 5.41) is 14.7. The first-order chi connectivity index (χ1) is 18.0. The Morgan fingerprint density at radius 3 is 2.62 bits per heavy atom. The summed E-state index contributed by atoms with van der Waals surface area (Å²) in [6.07, 6.45) is 9.57. The molecule has 1 saturated carbocycles. The van der Waals surface area contributed by atoms with Crippen LogP contribution in [-0.2, 0) is 20.5 Å². The number of pyridine rings is 1. The summed E-state index contributed by atoms with van der Waals surface area (Å²) in [6.45, 7) is 0.172. The Labute approximate surface area is 214 Å². The largest absolute Gasteiger partial charge is 0.479 e. The number of aliphatic hydroxyl groups excluding tert-OH is 1. The lowest BCUT2D eigenvalue weighted by Crippen LogP contribution is -2.24. The molecule has 1 aliphatic carbocycles. The molecule has 0 radical (unpaired) electrons. The maximum Gasteiger partial charge on any atom is 0.329 e. The second-order valence-corrected chi connectivity index (χ2v) is 9.99.